The molecule has 1 unspecified atom stereocenters. The number of terminal acetylenes is 1. The highest BCUT2D eigenvalue weighted by Crippen LogP contribution is 2.30. The SMILES string of the molecule is C#CC1CC(=O)N(c2c(F)cc(I)cc2F)C1. The van der Waals surface area contributed by atoms with Crippen LogP contribution in [0.5, 0.6) is 0 Å². The van der Waals surface area contributed by atoms with Crippen molar-refractivity contribution in [3.63, 3.8) is 0 Å². The van der Waals surface area contributed by atoms with Crippen LogP contribution in [0.3, 0.4) is 0 Å². The Labute approximate surface area is 111 Å². The quantitative estimate of drug-likeness (QED) is 0.565. The Morgan fingerprint density at radius 3 is 2.47 bits per heavy atom. The third-order valence-corrected chi connectivity index (χ3v) is 3.24. The van der Waals surface area contributed by atoms with Gasteiger partial charge in [0.05, 0.1) is 0 Å². The highest BCUT2D eigenvalue weighted by Gasteiger charge is 2.32. The molecule has 0 spiro atoms. The van der Waals surface area contributed by atoms with Crippen molar-refractivity contribution in [2.75, 3.05) is 11.4 Å². The number of hydrogen-bond donors (Lipinski definition) is 0. The monoisotopic (exact) mass is 347 g/mol. The van der Waals surface area contributed by atoms with Crippen molar-refractivity contribution in [1.82, 2.24) is 0 Å². The van der Waals surface area contributed by atoms with Crippen LogP contribution in [0.2, 0.25) is 0 Å². The van der Waals surface area contributed by atoms with Gasteiger partial charge < -0.3 is 4.90 Å². The number of carbonyl (C=O) groups is 1. The minimum absolute atomic E-state index is 0.140. The summed E-state index contributed by atoms with van der Waals surface area (Å²) >= 11 is 1.81. The number of halogens is 3. The van der Waals surface area contributed by atoms with Gasteiger partial charge in [-0.15, -0.1) is 12.3 Å². The van der Waals surface area contributed by atoms with Gasteiger partial charge in [0.1, 0.15) is 5.69 Å². The third kappa shape index (κ3) is 2.27. The number of rotatable bonds is 1. The highest BCUT2D eigenvalue weighted by molar-refractivity contribution is 14.1. The first kappa shape index (κ1) is 12.3. The highest BCUT2D eigenvalue weighted by atomic mass is 127. The van der Waals surface area contributed by atoms with Crippen LogP contribution in [-0.2, 0) is 4.79 Å². The van der Waals surface area contributed by atoms with Crippen LogP contribution in [0, 0.1) is 33.5 Å². The Morgan fingerprint density at radius 1 is 1.41 bits per heavy atom. The maximum absolute atomic E-state index is 13.7. The van der Waals surface area contributed by atoms with Gasteiger partial charge in [-0.05, 0) is 34.7 Å². The van der Waals surface area contributed by atoms with E-state index in [9.17, 15) is 13.6 Å². The molecule has 0 radical (unpaired) electrons. The van der Waals surface area contributed by atoms with Crippen molar-refractivity contribution in [1.29, 1.82) is 0 Å². The fraction of sp³-hybridized carbons (Fsp3) is 0.250. The first-order chi connectivity index (χ1) is 8.02. The fourth-order valence-electron chi connectivity index (χ4n) is 1.83. The van der Waals surface area contributed by atoms with Crippen LogP contribution in [0.4, 0.5) is 14.5 Å². The maximum Gasteiger partial charge on any atom is 0.228 e. The fourth-order valence-corrected chi connectivity index (χ4v) is 2.37. The van der Waals surface area contributed by atoms with Crippen molar-refractivity contribution in [3.05, 3.63) is 27.3 Å². The lowest BCUT2D eigenvalue weighted by Gasteiger charge is -2.17. The van der Waals surface area contributed by atoms with Crippen LogP contribution in [0.15, 0.2) is 12.1 Å². The van der Waals surface area contributed by atoms with E-state index in [-0.39, 0.29) is 30.5 Å². The zero-order valence-electron chi connectivity index (χ0n) is 8.71. The van der Waals surface area contributed by atoms with Crippen molar-refractivity contribution in [2.24, 2.45) is 5.92 Å². The molecule has 1 atom stereocenters. The molecule has 2 rings (SSSR count). The first-order valence-corrected chi connectivity index (χ1v) is 6.02. The number of nitrogens with zero attached hydrogens (tertiary/aromatic N) is 1. The molecule has 1 heterocycles. The van der Waals surface area contributed by atoms with E-state index in [1.165, 1.54) is 12.1 Å². The second-order valence-electron chi connectivity index (χ2n) is 3.79. The predicted molar refractivity (Wildman–Crippen MR) is 68.4 cm³/mol. The van der Waals surface area contributed by atoms with E-state index in [1.807, 2.05) is 22.6 Å². The Morgan fingerprint density at radius 2 is 2.00 bits per heavy atom. The molecule has 1 aromatic carbocycles. The Hall–Kier alpha value is -1.16. The second-order valence-corrected chi connectivity index (χ2v) is 5.04. The summed E-state index contributed by atoms with van der Waals surface area (Å²) in [6, 6.07) is 2.38. The average Bonchev–Trinajstić information content (AvgIpc) is 2.59. The zero-order valence-corrected chi connectivity index (χ0v) is 10.9. The summed E-state index contributed by atoms with van der Waals surface area (Å²) in [4.78, 5) is 12.7. The number of benzene rings is 1. The average molecular weight is 347 g/mol. The molecular weight excluding hydrogens is 339 g/mol. The summed E-state index contributed by atoms with van der Waals surface area (Å²) in [7, 11) is 0. The molecule has 17 heavy (non-hydrogen) atoms. The summed E-state index contributed by atoms with van der Waals surface area (Å²) in [6.07, 6.45) is 5.36. The standard InChI is InChI=1S/C12H8F2INO/c1-2-7-3-11(17)16(6-7)12-9(13)4-8(15)5-10(12)14/h1,4-5,7H,3,6H2. The number of hydrogen-bond acceptors (Lipinski definition) is 1. The van der Waals surface area contributed by atoms with Gasteiger partial charge in [0, 0.05) is 22.5 Å². The Bertz CT molecular complexity index is 501. The molecule has 88 valence electrons. The molecule has 1 aliphatic heterocycles. The molecule has 1 aliphatic rings. The van der Waals surface area contributed by atoms with E-state index < -0.39 is 11.6 Å². The predicted octanol–water partition coefficient (Wildman–Crippen LogP) is 2.56. The van der Waals surface area contributed by atoms with Gasteiger partial charge in [-0.3, -0.25) is 4.79 Å². The summed E-state index contributed by atoms with van der Waals surface area (Å²) in [6.45, 7) is 0.170. The van der Waals surface area contributed by atoms with Crippen LogP contribution < -0.4 is 4.90 Å². The summed E-state index contributed by atoms with van der Waals surface area (Å²) in [5.41, 5.74) is -0.298. The second kappa shape index (κ2) is 4.61. The van der Waals surface area contributed by atoms with Crippen molar-refractivity contribution in [2.45, 2.75) is 6.42 Å². The summed E-state index contributed by atoms with van der Waals surface area (Å²) < 4.78 is 27.8. The van der Waals surface area contributed by atoms with E-state index >= 15 is 0 Å². The van der Waals surface area contributed by atoms with E-state index in [2.05, 4.69) is 5.92 Å². The molecule has 0 saturated carbocycles. The topological polar surface area (TPSA) is 20.3 Å². The molecule has 1 saturated heterocycles. The Balaban J connectivity index is 2.42. The van der Waals surface area contributed by atoms with E-state index in [1.54, 1.807) is 0 Å². The zero-order chi connectivity index (χ0) is 12.6. The third-order valence-electron chi connectivity index (χ3n) is 2.61. The summed E-state index contributed by atoms with van der Waals surface area (Å²) in [5.74, 6) is 0.346. The van der Waals surface area contributed by atoms with Crippen molar-refractivity contribution in [3.8, 4) is 12.3 Å². The molecule has 2 nitrogen and oxygen atoms in total. The van der Waals surface area contributed by atoms with E-state index in [0.29, 0.717) is 3.57 Å². The van der Waals surface area contributed by atoms with Crippen molar-refractivity contribution >= 4 is 34.2 Å². The molecule has 0 bridgehead atoms. The first-order valence-electron chi connectivity index (χ1n) is 4.94. The largest absolute Gasteiger partial charge is 0.306 e. The molecule has 0 aliphatic carbocycles. The van der Waals surface area contributed by atoms with Gasteiger partial charge in [0.15, 0.2) is 11.6 Å². The van der Waals surface area contributed by atoms with Crippen LogP contribution in [-0.4, -0.2) is 12.5 Å². The molecule has 1 amide bonds. The molecule has 5 heteroatoms. The smallest absolute Gasteiger partial charge is 0.228 e. The number of anilines is 1. The molecule has 0 N–H and O–H groups in total. The van der Waals surface area contributed by atoms with Gasteiger partial charge in [-0.1, -0.05) is 0 Å². The number of amides is 1. The minimum Gasteiger partial charge on any atom is -0.306 e. The van der Waals surface area contributed by atoms with Gasteiger partial charge in [0.25, 0.3) is 0 Å². The molecular formula is C12H8F2INO. The molecule has 1 fully saturated rings. The van der Waals surface area contributed by atoms with Gasteiger partial charge in [-0.2, -0.15) is 0 Å². The van der Waals surface area contributed by atoms with Gasteiger partial charge >= 0.3 is 0 Å². The van der Waals surface area contributed by atoms with Crippen LogP contribution in [0.25, 0.3) is 0 Å². The van der Waals surface area contributed by atoms with E-state index in [0.717, 1.165) is 4.90 Å². The van der Waals surface area contributed by atoms with Gasteiger partial charge in [-0.25, -0.2) is 8.78 Å². The molecule has 0 aromatic heterocycles. The van der Waals surface area contributed by atoms with E-state index in [4.69, 9.17) is 6.42 Å². The van der Waals surface area contributed by atoms with Gasteiger partial charge in [0.2, 0.25) is 5.91 Å². The van der Waals surface area contributed by atoms with Crippen LogP contribution in [0.1, 0.15) is 6.42 Å². The minimum atomic E-state index is -0.736. The lowest BCUT2D eigenvalue weighted by Crippen LogP contribution is -2.26. The normalized spacial score (nSPS) is 19.5. The Kier molecular flexibility index (Phi) is 3.33. The molecule has 1 aromatic rings. The van der Waals surface area contributed by atoms with Crippen molar-refractivity contribution < 1.29 is 13.6 Å². The lowest BCUT2D eigenvalue weighted by atomic mass is 10.1. The maximum atomic E-state index is 13.7. The number of carbonyl (C=O) groups excluding carboxylic acids is 1. The lowest BCUT2D eigenvalue weighted by molar-refractivity contribution is -0.117. The van der Waals surface area contributed by atoms with Crippen LogP contribution >= 0.6 is 22.6 Å². The summed E-state index contributed by atoms with van der Waals surface area (Å²) in [5, 5.41) is 0.